The molecule has 1 fully saturated rings. The van der Waals surface area contributed by atoms with E-state index in [0.29, 0.717) is 45.4 Å². The molecule has 3 aromatic rings. The van der Waals surface area contributed by atoms with Crippen LogP contribution in [0.4, 0.5) is 10.2 Å². The largest absolute Gasteiger partial charge is 0.504 e. The number of halogens is 1. The van der Waals surface area contributed by atoms with Gasteiger partial charge in [0.1, 0.15) is 29.3 Å². The summed E-state index contributed by atoms with van der Waals surface area (Å²) in [6, 6.07) is 13.7. The van der Waals surface area contributed by atoms with Gasteiger partial charge in [0, 0.05) is 36.5 Å². The van der Waals surface area contributed by atoms with Crippen LogP contribution in [0.2, 0.25) is 0 Å². The Kier molecular flexibility index (Phi) is 6.62. The molecular formula is C26H24FN5O2. The molecule has 0 saturated carbocycles. The van der Waals surface area contributed by atoms with E-state index in [0.717, 1.165) is 25.9 Å². The van der Waals surface area contributed by atoms with E-state index in [4.69, 9.17) is 10.00 Å². The van der Waals surface area contributed by atoms with Crippen molar-refractivity contribution in [2.75, 3.05) is 32.1 Å². The lowest BCUT2D eigenvalue weighted by Crippen LogP contribution is -2.41. The number of benzene rings is 2. The van der Waals surface area contributed by atoms with Crippen molar-refractivity contribution in [1.82, 2.24) is 10.3 Å². The molecule has 2 aromatic carbocycles. The lowest BCUT2D eigenvalue weighted by molar-refractivity contribution is 0.373. The molecule has 34 heavy (non-hydrogen) atoms. The summed E-state index contributed by atoms with van der Waals surface area (Å²) in [7, 11) is 3.40. The quantitative estimate of drug-likeness (QED) is 0.592. The molecule has 0 atom stereocenters. The molecule has 0 aliphatic carbocycles. The molecule has 0 spiro atoms. The number of ether oxygens (including phenoxy) is 1. The lowest BCUT2D eigenvalue weighted by atomic mass is 9.91. The van der Waals surface area contributed by atoms with Gasteiger partial charge in [0.15, 0.2) is 11.5 Å². The van der Waals surface area contributed by atoms with Gasteiger partial charge in [0.05, 0.1) is 12.7 Å². The van der Waals surface area contributed by atoms with Crippen LogP contribution >= 0.6 is 0 Å². The van der Waals surface area contributed by atoms with Crippen LogP contribution in [0.1, 0.15) is 24.0 Å². The number of pyridine rings is 1. The molecule has 1 aromatic heterocycles. The Morgan fingerprint density at radius 3 is 2.44 bits per heavy atom. The number of anilines is 1. The topological polar surface area (TPSA) is 105 Å². The van der Waals surface area contributed by atoms with Crippen LogP contribution in [0.15, 0.2) is 42.6 Å². The highest BCUT2D eigenvalue weighted by atomic mass is 19.1. The van der Waals surface area contributed by atoms with Crippen LogP contribution < -0.4 is 15.0 Å². The fourth-order valence-electron chi connectivity index (χ4n) is 4.36. The number of nitriles is 2. The summed E-state index contributed by atoms with van der Waals surface area (Å²) in [5, 5.41) is 33.0. The predicted octanol–water partition coefficient (Wildman–Crippen LogP) is 4.20. The van der Waals surface area contributed by atoms with Gasteiger partial charge in [-0.25, -0.2) is 9.37 Å². The average Bonchev–Trinajstić information content (AvgIpc) is 2.87. The first-order valence-corrected chi connectivity index (χ1v) is 10.9. The van der Waals surface area contributed by atoms with E-state index in [1.165, 1.54) is 25.3 Å². The molecule has 172 valence electrons. The standard InChI is InChI=1S/C26H24FN5O2/c1-30-19-7-9-32(10-8-19)26-20(14-29)25(17-3-4-18(13-28)22(27)11-17)21(15-31-26)16-5-6-24(34-2)23(33)12-16/h3-6,11-12,15,19,30,33H,7-10H2,1-2H3. The number of rotatable bonds is 5. The van der Waals surface area contributed by atoms with Crippen LogP contribution in [0.3, 0.4) is 0 Å². The number of aromatic hydroxyl groups is 1. The second-order valence-corrected chi connectivity index (χ2v) is 8.10. The first kappa shape index (κ1) is 23.0. The zero-order valence-corrected chi connectivity index (χ0v) is 19.0. The summed E-state index contributed by atoms with van der Waals surface area (Å²) in [6.45, 7) is 1.47. The van der Waals surface area contributed by atoms with Crippen molar-refractivity contribution < 1.29 is 14.2 Å². The number of methoxy groups -OCH3 is 1. The molecule has 2 N–H and O–H groups in total. The van der Waals surface area contributed by atoms with E-state index in [2.05, 4.69) is 21.3 Å². The van der Waals surface area contributed by atoms with Gasteiger partial charge in [0.2, 0.25) is 0 Å². The van der Waals surface area contributed by atoms with E-state index in [1.807, 2.05) is 13.1 Å². The third kappa shape index (κ3) is 4.24. The average molecular weight is 458 g/mol. The first-order valence-electron chi connectivity index (χ1n) is 10.9. The van der Waals surface area contributed by atoms with Crippen LogP contribution in [-0.4, -0.2) is 43.4 Å². The van der Waals surface area contributed by atoms with Crippen molar-refractivity contribution in [3.63, 3.8) is 0 Å². The number of phenols is 1. The number of aromatic nitrogens is 1. The minimum atomic E-state index is -0.666. The molecule has 0 unspecified atom stereocenters. The number of piperidine rings is 1. The second-order valence-electron chi connectivity index (χ2n) is 8.10. The fraction of sp³-hybridized carbons (Fsp3) is 0.269. The number of hydrogen-bond donors (Lipinski definition) is 2. The van der Waals surface area contributed by atoms with Gasteiger partial charge in [-0.15, -0.1) is 0 Å². The zero-order chi connectivity index (χ0) is 24.2. The Bertz CT molecular complexity index is 1300. The summed E-state index contributed by atoms with van der Waals surface area (Å²) < 4.78 is 19.8. The zero-order valence-electron chi connectivity index (χ0n) is 19.0. The summed E-state index contributed by atoms with van der Waals surface area (Å²) in [4.78, 5) is 6.71. The smallest absolute Gasteiger partial charge is 0.160 e. The van der Waals surface area contributed by atoms with Gasteiger partial charge in [-0.3, -0.25) is 0 Å². The third-order valence-electron chi connectivity index (χ3n) is 6.24. The number of phenolic OH excluding ortho intramolecular Hbond substituents is 1. The number of nitrogens with one attached hydrogen (secondary N) is 1. The maximum atomic E-state index is 14.6. The molecule has 0 amide bonds. The Hall–Kier alpha value is -4.14. The Balaban J connectivity index is 1.92. The minimum absolute atomic E-state index is 0.0614. The van der Waals surface area contributed by atoms with Crippen molar-refractivity contribution in [1.29, 1.82) is 10.5 Å². The van der Waals surface area contributed by atoms with Crippen LogP contribution in [0, 0.1) is 28.5 Å². The summed E-state index contributed by atoms with van der Waals surface area (Å²) in [5.41, 5.74) is 2.35. The van der Waals surface area contributed by atoms with Crippen molar-refractivity contribution in [2.24, 2.45) is 0 Å². The van der Waals surface area contributed by atoms with Gasteiger partial charge in [-0.2, -0.15) is 10.5 Å². The molecule has 1 saturated heterocycles. The first-order chi connectivity index (χ1) is 16.5. The van der Waals surface area contributed by atoms with Crippen molar-refractivity contribution in [3.05, 3.63) is 59.5 Å². The Morgan fingerprint density at radius 2 is 1.85 bits per heavy atom. The van der Waals surface area contributed by atoms with Gasteiger partial charge in [-0.1, -0.05) is 12.1 Å². The Labute approximate surface area is 197 Å². The monoisotopic (exact) mass is 457 g/mol. The highest BCUT2D eigenvalue weighted by Crippen LogP contribution is 2.41. The molecule has 0 bridgehead atoms. The maximum absolute atomic E-state index is 14.6. The van der Waals surface area contributed by atoms with E-state index >= 15 is 0 Å². The Morgan fingerprint density at radius 1 is 1.12 bits per heavy atom. The SMILES string of the molecule is CNC1CCN(c2ncc(-c3ccc(OC)c(O)c3)c(-c3ccc(C#N)c(F)c3)c2C#N)CC1. The van der Waals surface area contributed by atoms with Crippen LogP contribution in [-0.2, 0) is 0 Å². The molecule has 1 aliphatic rings. The predicted molar refractivity (Wildman–Crippen MR) is 127 cm³/mol. The minimum Gasteiger partial charge on any atom is -0.504 e. The fourth-order valence-corrected chi connectivity index (χ4v) is 4.36. The summed E-state index contributed by atoms with van der Waals surface area (Å²) in [5.74, 6) is 0.125. The van der Waals surface area contributed by atoms with Gasteiger partial charge < -0.3 is 20.1 Å². The molecule has 1 aliphatic heterocycles. The van der Waals surface area contributed by atoms with Crippen molar-refractivity contribution >= 4 is 5.82 Å². The van der Waals surface area contributed by atoms with Crippen molar-refractivity contribution in [2.45, 2.75) is 18.9 Å². The number of nitrogens with zero attached hydrogens (tertiary/aromatic N) is 4. The third-order valence-corrected chi connectivity index (χ3v) is 6.24. The molecule has 7 nitrogen and oxygen atoms in total. The lowest BCUT2D eigenvalue weighted by Gasteiger charge is -2.33. The molecule has 8 heteroatoms. The molecule has 0 radical (unpaired) electrons. The van der Waals surface area contributed by atoms with Crippen molar-refractivity contribution in [3.8, 4) is 45.9 Å². The number of hydrogen-bond acceptors (Lipinski definition) is 7. The summed E-state index contributed by atoms with van der Waals surface area (Å²) >= 11 is 0. The van der Waals surface area contributed by atoms with E-state index in [1.54, 1.807) is 24.4 Å². The summed E-state index contributed by atoms with van der Waals surface area (Å²) in [6.07, 6.45) is 3.48. The maximum Gasteiger partial charge on any atom is 0.160 e. The van der Waals surface area contributed by atoms with Crippen LogP contribution in [0.5, 0.6) is 11.5 Å². The highest BCUT2D eigenvalue weighted by molar-refractivity contribution is 5.90. The van der Waals surface area contributed by atoms with E-state index < -0.39 is 5.82 Å². The highest BCUT2D eigenvalue weighted by Gasteiger charge is 2.25. The second kappa shape index (κ2) is 9.78. The van der Waals surface area contributed by atoms with Crippen LogP contribution in [0.25, 0.3) is 22.3 Å². The van der Waals surface area contributed by atoms with E-state index in [9.17, 15) is 14.8 Å². The molecule has 2 heterocycles. The molecule has 4 rings (SSSR count). The van der Waals surface area contributed by atoms with Gasteiger partial charge in [-0.05, 0) is 55.3 Å². The normalized spacial score (nSPS) is 13.9. The molecular weight excluding hydrogens is 433 g/mol. The van der Waals surface area contributed by atoms with Gasteiger partial charge in [0.25, 0.3) is 0 Å². The van der Waals surface area contributed by atoms with Gasteiger partial charge >= 0.3 is 0 Å². The van der Waals surface area contributed by atoms with E-state index in [-0.39, 0.29) is 11.3 Å².